The molecule has 0 aliphatic heterocycles. The molecule has 0 bridgehead atoms. The fourth-order valence-electron chi connectivity index (χ4n) is 1.79. The Morgan fingerprint density at radius 1 is 1.32 bits per heavy atom. The lowest BCUT2D eigenvalue weighted by Gasteiger charge is -2.05. The maximum absolute atomic E-state index is 11.8. The van der Waals surface area contributed by atoms with Gasteiger partial charge in [0.15, 0.2) is 4.34 Å². The molecule has 0 spiro atoms. The van der Waals surface area contributed by atoms with E-state index >= 15 is 0 Å². The highest BCUT2D eigenvalue weighted by molar-refractivity contribution is 8.01. The van der Waals surface area contributed by atoms with Gasteiger partial charge in [0.1, 0.15) is 13.2 Å². The van der Waals surface area contributed by atoms with E-state index in [2.05, 4.69) is 20.4 Å². The maximum Gasteiger partial charge on any atom is 0.407 e. The predicted octanol–water partition coefficient (Wildman–Crippen LogP) is 2.25. The highest BCUT2D eigenvalue weighted by Crippen LogP contribution is 2.31. The highest BCUT2D eigenvalue weighted by atomic mass is 32.2. The second kappa shape index (κ2) is 9.23. The number of thioether (sulfide) groups is 1. The zero-order valence-corrected chi connectivity index (χ0v) is 15.3. The normalized spacial score (nSPS) is 10.3. The Kier molecular flexibility index (Phi) is 7.02. The van der Waals surface area contributed by atoms with Gasteiger partial charge in [0.25, 0.3) is 0 Å². The van der Waals surface area contributed by atoms with Gasteiger partial charge in [-0.1, -0.05) is 11.8 Å². The standard InChI is InChI=1S/C15H17N3O5S2/c1-9(19)23-5-6-24-15-18-11-4-3-10(7-12(11)25-15)17-13(20)8-16-14(21)22-2/h3-4,7H,5-6,8H2,1-2H3,(H,16,21)(H,17,20). The number of alkyl carbamates (subject to hydrolysis) is 1. The number of esters is 1. The third-order valence-electron chi connectivity index (χ3n) is 2.85. The molecule has 0 saturated carbocycles. The SMILES string of the molecule is COC(=O)NCC(=O)Nc1ccc2nc(SCCOC(C)=O)sc2c1. The second-order valence-electron chi connectivity index (χ2n) is 4.74. The molecule has 0 saturated heterocycles. The number of aromatic nitrogens is 1. The smallest absolute Gasteiger partial charge is 0.407 e. The topological polar surface area (TPSA) is 107 Å². The molecule has 2 N–H and O–H groups in total. The first-order chi connectivity index (χ1) is 12.0. The molecule has 8 nitrogen and oxygen atoms in total. The number of methoxy groups -OCH3 is 1. The predicted molar refractivity (Wildman–Crippen MR) is 96.0 cm³/mol. The third kappa shape index (κ3) is 6.24. The minimum Gasteiger partial charge on any atom is -0.465 e. The van der Waals surface area contributed by atoms with Crippen molar-refractivity contribution < 1.29 is 23.9 Å². The number of nitrogens with one attached hydrogen (secondary N) is 2. The van der Waals surface area contributed by atoms with Crippen molar-refractivity contribution in [2.75, 3.05) is 31.3 Å². The quantitative estimate of drug-likeness (QED) is 0.429. The largest absolute Gasteiger partial charge is 0.465 e. The summed E-state index contributed by atoms with van der Waals surface area (Å²) in [6.07, 6.45) is -0.663. The van der Waals surface area contributed by atoms with Crippen LogP contribution in [0, 0.1) is 0 Å². The lowest BCUT2D eigenvalue weighted by Crippen LogP contribution is -2.32. The van der Waals surface area contributed by atoms with Gasteiger partial charge in [-0.25, -0.2) is 9.78 Å². The third-order valence-corrected chi connectivity index (χ3v) is 4.97. The molecule has 0 atom stereocenters. The van der Waals surface area contributed by atoms with Crippen LogP contribution in [0.25, 0.3) is 10.2 Å². The summed E-state index contributed by atoms with van der Waals surface area (Å²) < 4.78 is 11.1. The minimum absolute atomic E-state index is 0.176. The Morgan fingerprint density at radius 2 is 2.12 bits per heavy atom. The number of hydrogen-bond acceptors (Lipinski definition) is 8. The Bertz CT molecular complexity index is 778. The number of fused-ring (bicyclic) bond motifs is 1. The molecule has 1 aromatic carbocycles. The molecular formula is C15H17N3O5S2. The number of amides is 2. The lowest BCUT2D eigenvalue weighted by atomic mass is 10.3. The number of nitrogens with zero attached hydrogens (tertiary/aromatic N) is 1. The van der Waals surface area contributed by atoms with Crippen LogP contribution < -0.4 is 10.6 Å². The van der Waals surface area contributed by atoms with E-state index in [9.17, 15) is 14.4 Å². The Labute approximate surface area is 152 Å². The summed E-state index contributed by atoms with van der Waals surface area (Å²) in [5, 5.41) is 5.00. The lowest BCUT2D eigenvalue weighted by molar-refractivity contribution is -0.140. The van der Waals surface area contributed by atoms with E-state index in [1.54, 1.807) is 6.07 Å². The van der Waals surface area contributed by atoms with Crippen molar-refractivity contribution >= 4 is 57.0 Å². The van der Waals surface area contributed by atoms with Gasteiger partial charge in [-0.15, -0.1) is 11.3 Å². The number of carbonyl (C=O) groups is 3. The molecular weight excluding hydrogens is 366 g/mol. The van der Waals surface area contributed by atoms with Crippen LogP contribution in [0.3, 0.4) is 0 Å². The average Bonchev–Trinajstić information content (AvgIpc) is 2.98. The number of rotatable bonds is 7. The summed E-state index contributed by atoms with van der Waals surface area (Å²) in [6, 6.07) is 5.37. The monoisotopic (exact) mass is 383 g/mol. The maximum atomic E-state index is 11.8. The number of anilines is 1. The van der Waals surface area contributed by atoms with Crippen molar-refractivity contribution in [3.63, 3.8) is 0 Å². The van der Waals surface area contributed by atoms with E-state index in [0.717, 1.165) is 14.6 Å². The van der Waals surface area contributed by atoms with Gasteiger partial charge < -0.3 is 20.1 Å². The van der Waals surface area contributed by atoms with Crippen molar-refractivity contribution in [1.29, 1.82) is 0 Å². The molecule has 10 heteroatoms. The molecule has 0 radical (unpaired) electrons. The van der Waals surface area contributed by atoms with Crippen LogP contribution in [0.4, 0.5) is 10.5 Å². The number of thiazole rings is 1. The van der Waals surface area contributed by atoms with E-state index in [1.165, 1.54) is 37.1 Å². The fraction of sp³-hybridized carbons (Fsp3) is 0.333. The molecule has 1 aromatic heterocycles. The highest BCUT2D eigenvalue weighted by Gasteiger charge is 2.09. The van der Waals surface area contributed by atoms with Crippen LogP contribution in [-0.2, 0) is 19.1 Å². The van der Waals surface area contributed by atoms with Gasteiger partial charge in [0, 0.05) is 18.4 Å². The summed E-state index contributed by atoms with van der Waals surface area (Å²) in [6.45, 7) is 1.54. The zero-order chi connectivity index (χ0) is 18.2. The number of ether oxygens (including phenoxy) is 2. The first-order valence-electron chi connectivity index (χ1n) is 7.26. The average molecular weight is 383 g/mol. The van der Waals surface area contributed by atoms with Crippen LogP contribution in [0.1, 0.15) is 6.92 Å². The molecule has 2 amide bonds. The molecule has 0 aliphatic rings. The molecule has 0 unspecified atom stereocenters. The van der Waals surface area contributed by atoms with Crippen LogP contribution in [0.15, 0.2) is 22.5 Å². The van der Waals surface area contributed by atoms with E-state index in [4.69, 9.17) is 4.74 Å². The summed E-state index contributed by atoms with van der Waals surface area (Å²) in [5.74, 6) is -0.0282. The molecule has 0 fully saturated rings. The molecule has 25 heavy (non-hydrogen) atoms. The van der Waals surface area contributed by atoms with Crippen molar-refractivity contribution in [2.24, 2.45) is 0 Å². The van der Waals surface area contributed by atoms with Gasteiger partial charge in [0.05, 0.1) is 17.3 Å². The van der Waals surface area contributed by atoms with Crippen LogP contribution in [-0.4, -0.2) is 49.0 Å². The van der Waals surface area contributed by atoms with Crippen molar-refractivity contribution in [3.8, 4) is 0 Å². The van der Waals surface area contributed by atoms with Gasteiger partial charge in [-0.05, 0) is 18.2 Å². The Morgan fingerprint density at radius 3 is 2.84 bits per heavy atom. The van der Waals surface area contributed by atoms with Crippen LogP contribution in [0.2, 0.25) is 0 Å². The number of carbonyl (C=O) groups excluding carboxylic acids is 3. The van der Waals surface area contributed by atoms with E-state index in [-0.39, 0.29) is 18.4 Å². The minimum atomic E-state index is -0.663. The van der Waals surface area contributed by atoms with Gasteiger partial charge in [0.2, 0.25) is 5.91 Å². The van der Waals surface area contributed by atoms with Crippen molar-refractivity contribution in [1.82, 2.24) is 10.3 Å². The fourth-order valence-corrected chi connectivity index (χ4v) is 3.78. The van der Waals surface area contributed by atoms with E-state index in [1.807, 2.05) is 12.1 Å². The molecule has 134 valence electrons. The summed E-state index contributed by atoms with van der Waals surface area (Å²) in [4.78, 5) is 37.9. The van der Waals surface area contributed by atoms with Gasteiger partial charge in [-0.2, -0.15) is 0 Å². The molecule has 1 heterocycles. The summed E-state index contributed by atoms with van der Waals surface area (Å²) >= 11 is 2.99. The van der Waals surface area contributed by atoms with E-state index in [0.29, 0.717) is 18.0 Å². The van der Waals surface area contributed by atoms with Crippen LogP contribution >= 0.6 is 23.1 Å². The first-order valence-corrected chi connectivity index (χ1v) is 9.06. The van der Waals surface area contributed by atoms with Crippen molar-refractivity contribution in [2.45, 2.75) is 11.3 Å². The van der Waals surface area contributed by atoms with Gasteiger partial charge in [-0.3, -0.25) is 9.59 Å². The number of benzene rings is 1. The Balaban J connectivity index is 1.91. The van der Waals surface area contributed by atoms with Crippen molar-refractivity contribution in [3.05, 3.63) is 18.2 Å². The van der Waals surface area contributed by atoms with Gasteiger partial charge >= 0.3 is 12.1 Å². The van der Waals surface area contributed by atoms with E-state index < -0.39 is 6.09 Å². The summed E-state index contributed by atoms with van der Waals surface area (Å²) in [7, 11) is 1.23. The molecule has 0 aliphatic carbocycles. The molecule has 2 rings (SSSR count). The second-order valence-corrected chi connectivity index (χ2v) is 7.12. The molecule has 2 aromatic rings. The van der Waals surface area contributed by atoms with Crippen LogP contribution in [0.5, 0.6) is 0 Å². The number of hydrogen-bond donors (Lipinski definition) is 2. The Hall–Kier alpha value is -2.33. The zero-order valence-electron chi connectivity index (χ0n) is 13.7. The summed E-state index contributed by atoms with van der Waals surface area (Å²) in [5.41, 5.74) is 1.44. The first kappa shape index (κ1) is 19.0.